The number of ether oxygens (including phenoxy) is 1. The van der Waals surface area contributed by atoms with Gasteiger partial charge < -0.3 is 20.3 Å². The van der Waals surface area contributed by atoms with Crippen LogP contribution in [-0.2, 0) is 25.1 Å². The van der Waals surface area contributed by atoms with E-state index in [1.165, 1.54) is 0 Å². The van der Waals surface area contributed by atoms with E-state index in [0.29, 0.717) is 48.3 Å². The third kappa shape index (κ3) is 4.06. The summed E-state index contributed by atoms with van der Waals surface area (Å²) in [5, 5.41) is 5.73. The lowest BCUT2D eigenvalue weighted by Crippen LogP contribution is -2.44. The summed E-state index contributed by atoms with van der Waals surface area (Å²) < 4.78 is 30.4. The van der Waals surface area contributed by atoms with Gasteiger partial charge in [0, 0.05) is 29.4 Å². The van der Waals surface area contributed by atoms with Crippen molar-refractivity contribution in [3.8, 4) is 11.4 Å². The number of hydrogen-bond acceptors (Lipinski definition) is 7. The minimum Gasteiger partial charge on any atom is -0.377 e. The maximum Gasteiger partial charge on any atom is 0.319 e. The first kappa shape index (κ1) is 22.1. The molecule has 1 unspecified atom stereocenters. The molecule has 0 spiro atoms. The number of amides is 2. The van der Waals surface area contributed by atoms with E-state index in [1.54, 1.807) is 26.0 Å². The van der Waals surface area contributed by atoms with E-state index >= 15 is 0 Å². The molecule has 33 heavy (non-hydrogen) atoms. The zero-order valence-corrected chi connectivity index (χ0v) is 19.9. The van der Waals surface area contributed by atoms with Crippen LogP contribution in [0.15, 0.2) is 24.3 Å². The summed E-state index contributed by atoms with van der Waals surface area (Å²) in [4.78, 5) is 23.7. The van der Waals surface area contributed by atoms with Crippen molar-refractivity contribution < 1.29 is 17.9 Å². The lowest BCUT2D eigenvalue weighted by Gasteiger charge is -2.35. The lowest BCUT2D eigenvalue weighted by atomic mass is 10.0. The molecule has 9 nitrogen and oxygen atoms in total. The highest BCUT2D eigenvalue weighted by molar-refractivity contribution is 7.91. The second kappa shape index (κ2) is 7.95. The molecule has 1 saturated heterocycles. The number of urea groups is 1. The van der Waals surface area contributed by atoms with E-state index in [9.17, 15) is 13.2 Å². The number of anilines is 2. The van der Waals surface area contributed by atoms with Crippen molar-refractivity contribution in [2.24, 2.45) is 0 Å². The van der Waals surface area contributed by atoms with Crippen LogP contribution >= 0.6 is 0 Å². The molecule has 1 aliphatic carbocycles. The maximum atomic E-state index is 13.0. The number of carbonyl (C=O) groups excluding carboxylic acids is 1. The molecule has 2 N–H and O–H groups in total. The van der Waals surface area contributed by atoms with Crippen LogP contribution in [0.25, 0.3) is 11.4 Å². The van der Waals surface area contributed by atoms with E-state index in [-0.39, 0.29) is 23.9 Å². The van der Waals surface area contributed by atoms with Gasteiger partial charge in [0.1, 0.15) is 10.6 Å². The first-order valence-corrected chi connectivity index (χ1v) is 13.0. The fourth-order valence-electron chi connectivity index (χ4n) is 4.31. The number of aromatic nitrogens is 2. The van der Waals surface area contributed by atoms with Crippen LogP contribution in [-0.4, -0.2) is 56.3 Å². The van der Waals surface area contributed by atoms with Crippen molar-refractivity contribution in [2.45, 2.75) is 56.2 Å². The molecule has 176 valence electrons. The molecule has 2 amide bonds. The summed E-state index contributed by atoms with van der Waals surface area (Å²) in [6.07, 6.45) is 2.05. The molecule has 1 aromatic heterocycles. The van der Waals surface area contributed by atoms with Gasteiger partial charge in [0.15, 0.2) is 15.7 Å². The van der Waals surface area contributed by atoms with Crippen LogP contribution in [0.1, 0.15) is 44.9 Å². The Labute approximate surface area is 193 Å². The Morgan fingerprint density at radius 1 is 1.18 bits per heavy atom. The van der Waals surface area contributed by atoms with Crippen LogP contribution in [0, 0.1) is 0 Å². The van der Waals surface area contributed by atoms with Gasteiger partial charge >= 0.3 is 6.03 Å². The van der Waals surface area contributed by atoms with Crippen LogP contribution in [0.3, 0.4) is 0 Å². The predicted octanol–water partition coefficient (Wildman–Crippen LogP) is 2.82. The number of hydrogen-bond donors (Lipinski definition) is 2. The van der Waals surface area contributed by atoms with E-state index in [0.717, 1.165) is 18.4 Å². The van der Waals surface area contributed by atoms with Gasteiger partial charge in [0.2, 0.25) is 0 Å². The SMILES string of the molecule is CC1COCCN1c1nc(-c2ccc(NC(=O)NC3CC3)cc2)nc2c1CS(=O)(=O)C2(C)C. The largest absolute Gasteiger partial charge is 0.377 e. The third-order valence-electron chi connectivity index (χ3n) is 6.62. The summed E-state index contributed by atoms with van der Waals surface area (Å²) in [6.45, 7) is 7.25. The molecule has 3 aliphatic rings. The van der Waals surface area contributed by atoms with Crippen molar-refractivity contribution in [3.63, 3.8) is 0 Å². The number of morpholine rings is 1. The molecule has 1 saturated carbocycles. The molecule has 2 aromatic rings. The van der Waals surface area contributed by atoms with Gasteiger partial charge in [-0.3, -0.25) is 0 Å². The average molecular weight is 472 g/mol. The lowest BCUT2D eigenvalue weighted by molar-refractivity contribution is 0.0984. The van der Waals surface area contributed by atoms with E-state index < -0.39 is 14.6 Å². The number of benzene rings is 1. The molecule has 0 radical (unpaired) electrons. The Morgan fingerprint density at radius 3 is 2.58 bits per heavy atom. The summed E-state index contributed by atoms with van der Waals surface area (Å²) in [7, 11) is -3.40. The highest BCUT2D eigenvalue weighted by Crippen LogP contribution is 2.44. The smallest absolute Gasteiger partial charge is 0.319 e. The second-order valence-electron chi connectivity index (χ2n) is 9.53. The summed E-state index contributed by atoms with van der Waals surface area (Å²) in [6, 6.07) is 7.44. The van der Waals surface area contributed by atoms with Gasteiger partial charge in [-0.05, 0) is 57.9 Å². The molecule has 2 fully saturated rings. The normalized spacial score (nSPS) is 23.1. The number of carbonyl (C=O) groups is 1. The second-order valence-corrected chi connectivity index (χ2v) is 12.1. The van der Waals surface area contributed by atoms with Crippen molar-refractivity contribution in [1.29, 1.82) is 0 Å². The summed E-state index contributed by atoms with van der Waals surface area (Å²) >= 11 is 0. The Hall–Kier alpha value is -2.72. The standard InChI is InChI=1S/C23H29N5O4S/c1-14-12-32-11-10-28(14)21-18-13-33(30,31)23(2,3)19(18)26-20(27-21)15-4-6-16(7-5-15)24-22(29)25-17-8-9-17/h4-7,14,17H,8-13H2,1-3H3,(H2,24,25,29). The average Bonchev–Trinajstić information content (AvgIpc) is 3.55. The van der Waals surface area contributed by atoms with E-state index in [4.69, 9.17) is 14.7 Å². The first-order valence-electron chi connectivity index (χ1n) is 11.3. The highest BCUT2D eigenvalue weighted by Gasteiger charge is 2.48. The summed E-state index contributed by atoms with van der Waals surface area (Å²) in [5.41, 5.74) is 2.68. The fraction of sp³-hybridized carbons (Fsp3) is 0.522. The van der Waals surface area contributed by atoms with E-state index in [2.05, 4.69) is 22.5 Å². The van der Waals surface area contributed by atoms with Gasteiger partial charge in [0.05, 0.1) is 30.7 Å². The zero-order valence-electron chi connectivity index (χ0n) is 19.1. The highest BCUT2D eigenvalue weighted by atomic mass is 32.2. The molecule has 3 heterocycles. The van der Waals surface area contributed by atoms with Gasteiger partial charge in [-0.25, -0.2) is 23.2 Å². The third-order valence-corrected chi connectivity index (χ3v) is 9.04. The van der Waals surface area contributed by atoms with Crippen molar-refractivity contribution in [2.75, 3.05) is 30.0 Å². The van der Waals surface area contributed by atoms with Gasteiger partial charge in [-0.1, -0.05) is 0 Å². The Morgan fingerprint density at radius 2 is 1.91 bits per heavy atom. The topological polar surface area (TPSA) is 114 Å². The first-order chi connectivity index (χ1) is 15.7. The van der Waals surface area contributed by atoms with Crippen molar-refractivity contribution in [1.82, 2.24) is 15.3 Å². The monoisotopic (exact) mass is 471 g/mol. The minimum atomic E-state index is -3.40. The van der Waals surface area contributed by atoms with Crippen molar-refractivity contribution >= 4 is 27.4 Å². The van der Waals surface area contributed by atoms with Gasteiger partial charge in [-0.2, -0.15) is 0 Å². The summed E-state index contributed by atoms with van der Waals surface area (Å²) in [5.74, 6) is 1.08. The number of sulfone groups is 1. The number of nitrogens with one attached hydrogen (secondary N) is 2. The van der Waals surface area contributed by atoms with Crippen LogP contribution in [0.4, 0.5) is 16.3 Å². The zero-order chi connectivity index (χ0) is 23.4. The molecule has 0 bridgehead atoms. The molecule has 10 heteroatoms. The van der Waals surface area contributed by atoms with Gasteiger partial charge in [0.25, 0.3) is 0 Å². The number of rotatable bonds is 4. The molecule has 1 atom stereocenters. The molecule has 5 rings (SSSR count). The Balaban J connectivity index is 1.51. The Bertz CT molecular complexity index is 1190. The Kier molecular flexibility index (Phi) is 5.32. The van der Waals surface area contributed by atoms with Gasteiger partial charge in [-0.15, -0.1) is 0 Å². The molecular formula is C23H29N5O4S. The van der Waals surface area contributed by atoms with E-state index in [1.807, 2.05) is 12.1 Å². The molecule has 1 aromatic carbocycles. The molecular weight excluding hydrogens is 442 g/mol. The van der Waals surface area contributed by atoms with Crippen molar-refractivity contribution in [3.05, 3.63) is 35.5 Å². The quantitative estimate of drug-likeness (QED) is 0.705. The maximum absolute atomic E-state index is 13.0. The minimum absolute atomic E-state index is 0.0615. The van der Waals surface area contributed by atoms with Crippen LogP contribution < -0.4 is 15.5 Å². The predicted molar refractivity (Wildman–Crippen MR) is 126 cm³/mol. The number of nitrogens with zero attached hydrogens (tertiary/aromatic N) is 3. The van der Waals surface area contributed by atoms with Crippen LogP contribution in [0.2, 0.25) is 0 Å². The fourth-order valence-corrected chi connectivity index (χ4v) is 5.78. The van der Waals surface area contributed by atoms with Crippen LogP contribution in [0.5, 0.6) is 0 Å². The molecule has 2 aliphatic heterocycles. The number of fused-ring (bicyclic) bond motifs is 1.